The second-order valence-corrected chi connectivity index (χ2v) is 9.84. The Labute approximate surface area is 210 Å². The van der Waals surface area contributed by atoms with Gasteiger partial charge in [-0.1, -0.05) is 12.5 Å². The third-order valence-corrected chi connectivity index (χ3v) is 5.78. The summed E-state index contributed by atoms with van der Waals surface area (Å²) in [6, 6.07) is 4.05. The van der Waals surface area contributed by atoms with Crippen LogP contribution in [0.2, 0.25) is 0 Å². The van der Waals surface area contributed by atoms with Crippen molar-refractivity contribution < 1.29 is 28.7 Å². The van der Waals surface area contributed by atoms with Gasteiger partial charge in [-0.05, 0) is 58.7 Å². The third-order valence-electron chi connectivity index (χ3n) is 5.78. The highest BCUT2D eigenvalue weighted by atomic mass is 16.6. The fraction of sp³-hybridized carbons (Fsp3) is 0.560. The summed E-state index contributed by atoms with van der Waals surface area (Å²) in [6.07, 6.45) is 2.54. The Morgan fingerprint density at radius 1 is 1.03 bits per heavy atom. The van der Waals surface area contributed by atoms with Gasteiger partial charge in [0.05, 0.1) is 11.1 Å². The number of nitrogens with one attached hydrogen (secondary N) is 4. The van der Waals surface area contributed by atoms with Crippen molar-refractivity contribution in [3.05, 3.63) is 29.3 Å². The van der Waals surface area contributed by atoms with Crippen LogP contribution >= 0.6 is 0 Å². The van der Waals surface area contributed by atoms with Crippen LogP contribution in [0.25, 0.3) is 0 Å². The van der Waals surface area contributed by atoms with E-state index in [9.17, 15) is 24.0 Å². The maximum Gasteiger partial charge on any atom is 0.407 e. The maximum atomic E-state index is 13.1. The molecule has 0 spiro atoms. The van der Waals surface area contributed by atoms with Gasteiger partial charge in [0.2, 0.25) is 11.8 Å². The number of carbonyl (C=O) groups excluding carboxylic acids is 5. The van der Waals surface area contributed by atoms with Crippen LogP contribution in [-0.4, -0.2) is 72.4 Å². The first-order valence-corrected chi connectivity index (χ1v) is 12.3. The first-order valence-electron chi connectivity index (χ1n) is 12.3. The number of hydrogen-bond acceptors (Lipinski definition) is 8. The number of nitrogens with zero attached hydrogens (tertiary/aromatic N) is 1. The lowest BCUT2D eigenvalue weighted by Gasteiger charge is -2.27. The van der Waals surface area contributed by atoms with Crippen molar-refractivity contribution in [2.24, 2.45) is 0 Å². The number of amides is 5. The molecule has 1 atom stereocenters. The molecule has 36 heavy (non-hydrogen) atoms. The summed E-state index contributed by atoms with van der Waals surface area (Å²) >= 11 is 0. The Hall–Kier alpha value is -3.47. The summed E-state index contributed by atoms with van der Waals surface area (Å²) in [7, 11) is 0. The van der Waals surface area contributed by atoms with E-state index in [2.05, 4.69) is 21.3 Å². The van der Waals surface area contributed by atoms with Crippen LogP contribution in [0.4, 0.5) is 10.5 Å². The van der Waals surface area contributed by atoms with E-state index < -0.39 is 41.4 Å². The van der Waals surface area contributed by atoms with Gasteiger partial charge < -0.3 is 20.7 Å². The molecule has 3 rings (SSSR count). The van der Waals surface area contributed by atoms with Gasteiger partial charge in [-0.15, -0.1) is 0 Å². The fourth-order valence-corrected chi connectivity index (χ4v) is 4.13. The van der Waals surface area contributed by atoms with E-state index in [1.54, 1.807) is 18.2 Å². The van der Waals surface area contributed by atoms with Crippen molar-refractivity contribution in [1.29, 1.82) is 0 Å². The van der Waals surface area contributed by atoms with Crippen LogP contribution in [-0.2, 0) is 14.3 Å². The van der Waals surface area contributed by atoms with Crippen LogP contribution in [0, 0.1) is 0 Å². The zero-order valence-corrected chi connectivity index (χ0v) is 21.1. The molecule has 0 aliphatic carbocycles. The minimum Gasteiger partial charge on any atom is -0.444 e. The summed E-state index contributed by atoms with van der Waals surface area (Å²) in [5.41, 5.74) is 0.582. The zero-order chi connectivity index (χ0) is 26.3. The van der Waals surface area contributed by atoms with E-state index >= 15 is 0 Å². The number of benzene rings is 1. The van der Waals surface area contributed by atoms with Gasteiger partial charge in [-0.2, -0.15) is 0 Å². The number of carbonyl (C=O) groups is 5. The van der Waals surface area contributed by atoms with E-state index in [-0.39, 0.29) is 24.0 Å². The first kappa shape index (κ1) is 27.1. The van der Waals surface area contributed by atoms with Crippen molar-refractivity contribution in [2.75, 3.05) is 31.5 Å². The van der Waals surface area contributed by atoms with Gasteiger partial charge in [0.15, 0.2) is 0 Å². The van der Waals surface area contributed by atoms with Crippen LogP contribution in [0.3, 0.4) is 0 Å². The number of imide groups is 2. The topological polar surface area (TPSA) is 146 Å². The van der Waals surface area contributed by atoms with E-state index in [0.717, 1.165) is 30.7 Å². The Balaban J connectivity index is 1.38. The highest BCUT2D eigenvalue weighted by molar-refractivity contribution is 6.25. The predicted octanol–water partition coefficient (Wildman–Crippen LogP) is 1.78. The summed E-state index contributed by atoms with van der Waals surface area (Å²) in [4.78, 5) is 62.2. The minimum absolute atomic E-state index is 0.0873. The lowest BCUT2D eigenvalue weighted by molar-refractivity contribution is -0.136. The molecule has 5 amide bonds. The number of piperidine rings is 1. The number of anilines is 1. The second kappa shape index (κ2) is 12.0. The number of ether oxygens (including phenoxy) is 1. The first-order chi connectivity index (χ1) is 17.1. The number of rotatable bonds is 11. The van der Waals surface area contributed by atoms with E-state index in [1.807, 2.05) is 20.8 Å². The molecule has 0 aromatic heterocycles. The van der Waals surface area contributed by atoms with Crippen molar-refractivity contribution in [1.82, 2.24) is 20.9 Å². The van der Waals surface area contributed by atoms with Crippen LogP contribution in [0.5, 0.6) is 0 Å². The molecule has 4 N–H and O–H groups in total. The molecule has 11 heteroatoms. The normalized spacial score (nSPS) is 17.6. The molecule has 0 radical (unpaired) electrons. The molecule has 1 aromatic rings. The number of alkyl carbamates (subject to hydrolysis) is 1. The maximum absolute atomic E-state index is 13.1. The van der Waals surface area contributed by atoms with Gasteiger partial charge in [0.1, 0.15) is 11.6 Å². The quantitative estimate of drug-likeness (QED) is 0.265. The summed E-state index contributed by atoms with van der Waals surface area (Å²) in [5.74, 6) is -2.05. The van der Waals surface area contributed by atoms with Crippen molar-refractivity contribution in [3.63, 3.8) is 0 Å². The largest absolute Gasteiger partial charge is 0.444 e. The third kappa shape index (κ3) is 7.03. The molecule has 0 bridgehead atoms. The lowest BCUT2D eigenvalue weighted by atomic mass is 10.0. The molecule has 1 fully saturated rings. The van der Waals surface area contributed by atoms with Gasteiger partial charge in [-0.3, -0.25) is 29.4 Å². The predicted molar refractivity (Wildman–Crippen MR) is 133 cm³/mol. The molecule has 11 nitrogen and oxygen atoms in total. The SMILES string of the molecule is CC(C)(C)OC(=O)NCCNCCCCCNc1cccc2c1C(=O)N(C1CCC(=O)NC1=O)C2=O. The number of unbranched alkanes of at least 4 members (excludes halogenated alkanes) is 2. The molecule has 1 saturated heterocycles. The smallest absolute Gasteiger partial charge is 0.407 e. The summed E-state index contributed by atoms with van der Waals surface area (Å²) < 4.78 is 5.17. The Morgan fingerprint density at radius 3 is 2.50 bits per heavy atom. The van der Waals surface area contributed by atoms with Crippen LogP contribution < -0.4 is 21.3 Å². The van der Waals surface area contributed by atoms with Gasteiger partial charge in [-0.25, -0.2) is 4.79 Å². The van der Waals surface area contributed by atoms with Crippen molar-refractivity contribution in [3.8, 4) is 0 Å². The summed E-state index contributed by atoms with van der Waals surface area (Å²) in [6.45, 7) is 8.02. The molecular weight excluding hydrogens is 466 g/mol. The zero-order valence-electron chi connectivity index (χ0n) is 21.1. The molecule has 1 unspecified atom stereocenters. The van der Waals surface area contributed by atoms with Crippen molar-refractivity contribution in [2.45, 2.75) is 64.5 Å². The lowest BCUT2D eigenvalue weighted by Crippen LogP contribution is -2.54. The highest BCUT2D eigenvalue weighted by Gasteiger charge is 2.45. The molecule has 2 heterocycles. The minimum atomic E-state index is -0.977. The van der Waals surface area contributed by atoms with Crippen molar-refractivity contribution >= 4 is 35.4 Å². The average molecular weight is 502 g/mol. The average Bonchev–Trinajstić information content (AvgIpc) is 3.05. The van der Waals surface area contributed by atoms with Gasteiger partial charge in [0.25, 0.3) is 11.8 Å². The van der Waals surface area contributed by atoms with Gasteiger partial charge >= 0.3 is 6.09 Å². The van der Waals surface area contributed by atoms with E-state index in [1.165, 1.54) is 0 Å². The summed E-state index contributed by atoms with van der Waals surface area (Å²) in [5, 5.41) is 11.4. The Morgan fingerprint density at radius 2 is 1.78 bits per heavy atom. The van der Waals surface area contributed by atoms with E-state index in [4.69, 9.17) is 4.74 Å². The molecule has 1 aromatic carbocycles. The Kier molecular flexibility index (Phi) is 9.03. The number of hydrogen-bond donors (Lipinski definition) is 4. The van der Waals surface area contributed by atoms with Gasteiger partial charge in [0, 0.05) is 31.7 Å². The molecule has 2 aliphatic heterocycles. The molecule has 0 saturated carbocycles. The molecule has 196 valence electrons. The standard InChI is InChI=1S/C25H35N5O6/c1-25(2,3)36-24(35)28-15-14-26-12-5-4-6-13-27-17-9-7-8-16-20(17)23(34)30(22(16)33)18-10-11-19(31)29-21(18)32/h7-9,18,26-27H,4-6,10-15H2,1-3H3,(H,28,35)(H,29,31,32). The highest BCUT2D eigenvalue weighted by Crippen LogP contribution is 2.32. The van der Waals surface area contributed by atoms with Crippen LogP contribution in [0.15, 0.2) is 18.2 Å². The molecular formula is C25H35N5O6. The van der Waals surface area contributed by atoms with Crippen LogP contribution in [0.1, 0.15) is 73.6 Å². The second-order valence-electron chi connectivity index (χ2n) is 9.84. The molecule has 2 aliphatic rings. The number of fused-ring (bicyclic) bond motifs is 1. The fourth-order valence-electron chi connectivity index (χ4n) is 4.13. The Bertz CT molecular complexity index is 1020. The monoisotopic (exact) mass is 501 g/mol. The van der Waals surface area contributed by atoms with E-state index in [0.29, 0.717) is 25.3 Å².